The lowest BCUT2D eigenvalue weighted by molar-refractivity contribution is 0.0669. The lowest BCUT2D eigenvalue weighted by atomic mass is 10.2. The van der Waals surface area contributed by atoms with Crippen molar-refractivity contribution < 1.29 is 14.2 Å². The van der Waals surface area contributed by atoms with Gasteiger partial charge in [0.2, 0.25) is 0 Å². The summed E-state index contributed by atoms with van der Waals surface area (Å²) in [4.78, 5) is 0. The van der Waals surface area contributed by atoms with E-state index in [2.05, 4.69) is 0 Å². The van der Waals surface area contributed by atoms with Crippen LogP contribution in [0.15, 0.2) is 18.2 Å². The molecule has 0 aromatic heterocycles. The van der Waals surface area contributed by atoms with Crippen LogP contribution in [0.1, 0.15) is 18.4 Å². The highest BCUT2D eigenvalue weighted by Gasteiger charge is 2.16. The highest BCUT2D eigenvalue weighted by molar-refractivity contribution is 5.42. The third-order valence-electron chi connectivity index (χ3n) is 2.77. The molecule has 2 rings (SSSR count). The van der Waals surface area contributed by atoms with Gasteiger partial charge in [-0.2, -0.15) is 0 Å². The number of rotatable bonds is 4. The van der Waals surface area contributed by atoms with Gasteiger partial charge in [-0.1, -0.05) is 6.07 Å². The molecule has 1 aromatic rings. The minimum absolute atomic E-state index is 0.242. The van der Waals surface area contributed by atoms with Gasteiger partial charge in [0.1, 0.15) is 6.61 Å². The molecule has 1 aliphatic rings. The molecule has 0 spiro atoms. The quantitative estimate of drug-likeness (QED) is 0.783. The lowest BCUT2D eigenvalue weighted by Crippen LogP contribution is -2.16. The summed E-state index contributed by atoms with van der Waals surface area (Å²) in [5.41, 5.74) is 1.17. The summed E-state index contributed by atoms with van der Waals surface area (Å²) >= 11 is 0. The van der Waals surface area contributed by atoms with Crippen LogP contribution in [0, 0.1) is 6.92 Å². The van der Waals surface area contributed by atoms with E-state index in [1.807, 2.05) is 25.1 Å². The molecule has 16 heavy (non-hydrogen) atoms. The molecule has 3 nitrogen and oxygen atoms in total. The molecule has 1 saturated heterocycles. The average molecular weight is 222 g/mol. The van der Waals surface area contributed by atoms with Gasteiger partial charge in [-0.3, -0.25) is 0 Å². The Hall–Kier alpha value is -1.22. The van der Waals surface area contributed by atoms with Gasteiger partial charge in [0.05, 0.1) is 13.2 Å². The highest BCUT2D eigenvalue weighted by atomic mass is 16.5. The molecule has 1 aliphatic heterocycles. The zero-order chi connectivity index (χ0) is 11.4. The van der Waals surface area contributed by atoms with Crippen LogP contribution in [0.5, 0.6) is 11.5 Å². The van der Waals surface area contributed by atoms with Gasteiger partial charge in [-0.15, -0.1) is 0 Å². The van der Waals surface area contributed by atoms with Crippen LogP contribution in [-0.2, 0) is 4.74 Å². The molecule has 1 aromatic carbocycles. The van der Waals surface area contributed by atoms with Gasteiger partial charge in [0.15, 0.2) is 11.5 Å². The van der Waals surface area contributed by atoms with Crippen molar-refractivity contribution >= 4 is 0 Å². The minimum atomic E-state index is 0.242. The Kier molecular flexibility index (Phi) is 3.67. The van der Waals surface area contributed by atoms with Gasteiger partial charge >= 0.3 is 0 Å². The Morgan fingerprint density at radius 3 is 2.94 bits per heavy atom. The molecular formula is C13H18O3. The Labute approximate surface area is 96.3 Å². The zero-order valence-electron chi connectivity index (χ0n) is 9.86. The molecule has 0 saturated carbocycles. The van der Waals surface area contributed by atoms with Crippen LogP contribution in [0.25, 0.3) is 0 Å². The van der Waals surface area contributed by atoms with Crippen molar-refractivity contribution in [3.63, 3.8) is 0 Å². The fraction of sp³-hybridized carbons (Fsp3) is 0.538. The highest BCUT2D eigenvalue weighted by Crippen LogP contribution is 2.28. The normalized spacial score (nSPS) is 19.8. The second-order valence-corrected chi connectivity index (χ2v) is 4.10. The fourth-order valence-corrected chi connectivity index (χ4v) is 1.85. The molecular weight excluding hydrogens is 204 g/mol. The van der Waals surface area contributed by atoms with Crippen molar-refractivity contribution in [2.24, 2.45) is 0 Å². The van der Waals surface area contributed by atoms with Crippen LogP contribution in [-0.4, -0.2) is 26.4 Å². The predicted octanol–water partition coefficient (Wildman–Crippen LogP) is 2.56. The van der Waals surface area contributed by atoms with Crippen LogP contribution in [0.3, 0.4) is 0 Å². The standard InChI is InChI=1S/C13H18O3/c1-10-5-6-12(13(8-10)14-2)16-9-11-4-3-7-15-11/h5-6,8,11H,3-4,7,9H2,1-2H3. The second kappa shape index (κ2) is 5.21. The third kappa shape index (κ3) is 2.67. The molecule has 0 bridgehead atoms. The summed E-state index contributed by atoms with van der Waals surface area (Å²) in [5, 5.41) is 0. The van der Waals surface area contributed by atoms with Crippen molar-refractivity contribution in [1.82, 2.24) is 0 Å². The summed E-state index contributed by atoms with van der Waals surface area (Å²) in [6.07, 6.45) is 2.47. The smallest absolute Gasteiger partial charge is 0.161 e. The first-order valence-electron chi connectivity index (χ1n) is 5.68. The predicted molar refractivity (Wildman–Crippen MR) is 62.2 cm³/mol. The lowest BCUT2D eigenvalue weighted by Gasteiger charge is -2.14. The third-order valence-corrected chi connectivity index (χ3v) is 2.77. The summed E-state index contributed by atoms with van der Waals surface area (Å²) in [5.74, 6) is 1.58. The van der Waals surface area contributed by atoms with Gasteiger partial charge in [-0.05, 0) is 37.5 Å². The number of ether oxygens (including phenoxy) is 3. The Morgan fingerprint density at radius 2 is 2.25 bits per heavy atom. The largest absolute Gasteiger partial charge is 0.493 e. The van der Waals surface area contributed by atoms with Crippen LogP contribution < -0.4 is 9.47 Å². The number of methoxy groups -OCH3 is 1. The molecule has 1 fully saturated rings. The van der Waals surface area contributed by atoms with Gasteiger partial charge in [-0.25, -0.2) is 0 Å². The summed E-state index contributed by atoms with van der Waals surface area (Å²) in [6.45, 7) is 3.50. The summed E-state index contributed by atoms with van der Waals surface area (Å²) in [7, 11) is 1.66. The van der Waals surface area contributed by atoms with Crippen molar-refractivity contribution in [3.8, 4) is 11.5 Å². The molecule has 0 aliphatic carbocycles. The first kappa shape index (κ1) is 11.3. The number of hydrogen-bond acceptors (Lipinski definition) is 3. The Bertz CT molecular complexity index is 343. The minimum Gasteiger partial charge on any atom is -0.493 e. The van der Waals surface area contributed by atoms with Gasteiger partial charge < -0.3 is 14.2 Å². The molecule has 88 valence electrons. The van der Waals surface area contributed by atoms with E-state index in [4.69, 9.17) is 14.2 Å². The van der Waals surface area contributed by atoms with E-state index in [-0.39, 0.29) is 6.10 Å². The second-order valence-electron chi connectivity index (χ2n) is 4.10. The number of benzene rings is 1. The number of hydrogen-bond donors (Lipinski definition) is 0. The van der Waals surface area contributed by atoms with E-state index in [0.717, 1.165) is 30.9 Å². The molecule has 3 heteroatoms. The molecule has 0 radical (unpaired) electrons. The van der Waals surface area contributed by atoms with E-state index in [1.54, 1.807) is 7.11 Å². The average Bonchev–Trinajstić information content (AvgIpc) is 2.80. The molecule has 0 amide bonds. The first-order chi connectivity index (χ1) is 7.79. The van der Waals surface area contributed by atoms with Crippen LogP contribution >= 0.6 is 0 Å². The van der Waals surface area contributed by atoms with E-state index < -0.39 is 0 Å². The van der Waals surface area contributed by atoms with Crippen LogP contribution in [0.4, 0.5) is 0 Å². The molecule has 1 heterocycles. The monoisotopic (exact) mass is 222 g/mol. The summed E-state index contributed by atoms with van der Waals surface area (Å²) < 4.78 is 16.5. The van der Waals surface area contributed by atoms with Crippen molar-refractivity contribution in [3.05, 3.63) is 23.8 Å². The maximum atomic E-state index is 5.72. The van der Waals surface area contributed by atoms with E-state index >= 15 is 0 Å². The van der Waals surface area contributed by atoms with E-state index in [0.29, 0.717) is 6.61 Å². The van der Waals surface area contributed by atoms with Crippen molar-refractivity contribution in [2.45, 2.75) is 25.9 Å². The van der Waals surface area contributed by atoms with E-state index in [1.165, 1.54) is 5.56 Å². The molecule has 0 N–H and O–H groups in total. The van der Waals surface area contributed by atoms with Gasteiger partial charge in [0.25, 0.3) is 0 Å². The summed E-state index contributed by atoms with van der Waals surface area (Å²) in [6, 6.07) is 5.95. The molecule has 1 unspecified atom stereocenters. The molecule has 1 atom stereocenters. The Balaban J connectivity index is 1.97. The Morgan fingerprint density at radius 1 is 1.38 bits per heavy atom. The zero-order valence-corrected chi connectivity index (χ0v) is 9.86. The maximum absolute atomic E-state index is 5.72. The fourth-order valence-electron chi connectivity index (χ4n) is 1.85. The van der Waals surface area contributed by atoms with Crippen molar-refractivity contribution in [2.75, 3.05) is 20.3 Å². The van der Waals surface area contributed by atoms with E-state index in [9.17, 15) is 0 Å². The number of aryl methyl sites for hydroxylation is 1. The SMILES string of the molecule is COc1cc(C)ccc1OCC1CCCO1. The van der Waals surface area contributed by atoms with Crippen LogP contribution in [0.2, 0.25) is 0 Å². The first-order valence-corrected chi connectivity index (χ1v) is 5.68. The van der Waals surface area contributed by atoms with Gasteiger partial charge in [0, 0.05) is 6.61 Å². The maximum Gasteiger partial charge on any atom is 0.161 e. The van der Waals surface area contributed by atoms with Crippen molar-refractivity contribution in [1.29, 1.82) is 0 Å². The topological polar surface area (TPSA) is 27.7 Å².